The van der Waals surface area contributed by atoms with E-state index in [9.17, 15) is 9.59 Å². The standard InChI is InChI=1S/C21H21N7O3/c29-20-14(2-1-5-22-20)21(30)26-17-11-23-27-18(17)19-24-15-4-3-13(10-16(15)25-19)12-28-6-8-31-9-7-28/h1-5,10-11,14H,6-9,12H2,(H,23,27)(H,24,25)(H,26,30). The van der Waals surface area contributed by atoms with Crippen molar-refractivity contribution in [2.24, 2.45) is 10.9 Å². The van der Waals surface area contributed by atoms with Crippen LogP contribution in [0.5, 0.6) is 0 Å². The van der Waals surface area contributed by atoms with Crippen LogP contribution in [-0.4, -0.2) is 69.4 Å². The number of aliphatic imine (C=N–C) groups is 1. The Hall–Kier alpha value is -3.63. The highest BCUT2D eigenvalue weighted by atomic mass is 16.5. The number of dihydropyridines is 1. The third-order valence-corrected chi connectivity index (χ3v) is 5.33. The van der Waals surface area contributed by atoms with Crippen LogP contribution in [0.3, 0.4) is 0 Å². The molecule has 10 nitrogen and oxygen atoms in total. The Bertz CT molecular complexity index is 1190. The minimum atomic E-state index is -0.953. The average Bonchev–Trinajstić information content (AvgIpc) is 3.41. The third kappa shape index (κ3) is 4.03. The molecule has 0 aliphatic carbocycles. The van der Waals surface area contributed by atoms with E-state index in [1.807, 2.05) is 6.07 Å². The number of ether oxygens (including phenoxy) is 1. The zero-order valence-electron chi connectivity index (χ0n) is 16.7. The maximum Gasteiger partial charge on any atom is 0.262 e. The van der Waals surface area contributed by atoms with Crippen LogP contribution in [-0.2, 0) is 20.9 Å². The van der Waals surface area contributed by atoms with Crippen molar-refractivity contribution in [1.82, 2.24) is 25.1 Å². The molecule has 0 radical (unpaired) electrons. The van der Waals surface area contributed by atoms with Gasteiger partial charge in [0.2, 0.25) is 5.91 Å². The van der Waals surface area contributed by atoms with Crippen molar-refractivity contribution in [3.8, 4) is 11.5 Å². The van der Waals surface area contributed by atoms with Crippen molar-refractivity contribution in [3.63, 3.8) is 0 Å². The lowest BCUT2D eigenvalue weighted by atomic mass is 10.1. The normalized spacial score (nSPS) is 19.2. The Labute approximate surface area is 177 Å². The molecule has 1 saturated heterocycles. The van der Waals surface area contributed by atoms with Crippen molar-refractivity contribution in [3.05, 3.63) is 42.1 Å². The highest BCUT2D eigenvalue weighted by Gasteiger charge is 2.26. The smallest absolute Gasteiger partial charge is 0.262 e. The summed E-state index contributed by atoms with van der Waals surface area (Å²) < 4.78 is 5.41. The van der Waals surface area contributed by atoms with E-state index in [-0.39, 0.29) is 0 Å². The number of hydrogen-bond donors (Lipinski definition) is 3. The van der Waals surface area contributed by atoms with E-state index in [1.165, 1.54) is 24.1 Å². The summed E-state index contributed by atoms with van der Waals surface area (Å²) in [6.07, 6.45) is 5.96. The lowest BCUT2D eigenvalue weighted by Gasteiger charge is -2.26. The number of fused-ring (bicyclic) bond motifs is 1. The van der Waals surface area contributed by atoms with Gasteiger partial charge < -0.3 is 15.0 Å². The van der Waals surface area contributed by atoms with E-state index in [0.29, 0.717) is 17.2 Å². The van der Waals surface area contributed by atoms with Gasteiger partial charge in [0.05, 0.1) is 36.1 Å². The summed E-state index contributed by atoms with van der Waals surface area (Å²) in [6.45, 7) is 4.23. The molecular formula is C21H21N7O3. The van der Waals surface area contributed by atoms with Gasteiger partial charge >= 0.3 is 0 Å². The Balaban J connectivity index is 1.36. The molecule has 158 valence electrons. The summed E-state index contributed by atoms with van der Waals surface area (Å²) >= 11 is 0. The number of hydrogen-bond acceptors (Lipinski definition) is 6. The van der Waals surface area contributed by atoms with Crippen molar-refractivity contribution in [2.75, 3.05) is 31.6 Å². The summed E-state index contributed by atoms with van der Waals surface area (Å²) in [4.78, 5) is 38.3. The molecule has 0 saturated carbocycles. The van der Waals surface area contributed by atoms with Gasteiger partial charge in [-0.3, -0.25) is 19.6 Å². The van der Waals surface area contributed by atoms with Gasteiger partial charge in [-0.1, -0.05) is 12.1 Å². The predicted molar refractivity (Wildman–Crippen MR) is 115 cm³/mol. The number of allylic oxidation sites excluding steroid dienone is 1. The SMILES string of the molecule is O=C1N=CC=CC1C(=O)Nc1cn[nH]c1-c1nc2ccc(CN3CCOCC3)cc2[nH]1. The Morgan fingerprint density at radius 1 is 1.29 bits per heavy atom. The lowest BCUT2D eigenvalue weighted by molar-refractivity contribution is -0.128. The van der Waals surface area contributed by atoms with Crippen LogP contribution in [0.25, 0.3) is 22.6 Å². The summed E-state index contributed by atoms with van der Waals surface area (Å²) in [7, 11) is 0. The van der Waals surface area contributed by atoms with Gasteiger partial charge in [0.1, 0.15) is 11.6 Å². The second-order valence-electron chi connectivity index (χ2n) is 7.45. The number of nitrogens with one attached hydrogen (secondary N) is 3. The molecule has 10 heteroatoms. The maximum absolute atomic E-state index is 12.5. The van der Waals surface area contributed by atoms with Crippen LogP contribution in [0.15, 0.2) is 41.5 Å². The van der Waals surface area contributed by atoms with Crippen LogP contribution in [0.1, 0.15) is 5.56 Å². The first kappa shape index (κ1) is 19.3. The van der Waals surface area contributed by atoms with Gasteiger partial charge in [-0.05, 0) is 23.8 Å². The summed E-state index contributed by atoms with van der Waals surface area (Å²) in [5.41, 5.74) is 3.87. The number of morpholine rings is 1. The van der Waals surface area contributed by atoms with E-state index < -0.39 is 17.7 Å². The van der Waals surface area contributed by atoms with Gasteiger partial charge in [-0.25, -0.2) is 9.98 Å². The number of aromatic amines is 2. The van der Waals surface area contributed by atoms with Crippen molar-refractivity contribution in [2.45, 2.75) is 6.54 Å². The zero-order chi connectivity index (χ0) is 21.2. The molecule has 2 aliphatic rings. The molecule has 2 aromatic heterocycles. The fraction of sp³-hybridized carbons (Fsp3) is 0.286. The van der Waals surface area contributed by atoms with E-state index in [0.717, 1.165) is 43.9 Å². The molecule has 5 rings (SSSR count). The molecule has 0 bridgehead atoms. The second kappa shape index (κ2) is 8.25. The second-order valence-corrected chi connectivity index (χ2v) is 7.45. The number of carbonyl (C=O) groups excluding carboxylic acids is 2. The molecule has 2 aliphatic heterocycles. The van der Waals surface area contributed by atoms with Crippen molar-refractivity contribution >= 4 is 34.7 Å². The molecule has 3 aromatic rings. The molecule has 2 amide bonds. The molecule has 1 aromatic carbocycles. The number of benzene rings is 1. The van der Waals surface area contributed by atoms with E-state index >= 15 is 0 Å². The number of rotatable bonds is 5. The number of aromatic nitrogens is 4. The van der Waals surface area contributed by atoms with Crippen molar-refractivity contribution in [1.29, 1.82) is 0 Å². The molecule has 0 spiro atoms. The van der Waals surface area contributed by atoms with Gasteiger partial charge in [-0.15, -0.1) is 0 Å². The first-order valence-corrected chi connectivity index (χ1v) is 10.1. The highest BCUT2D eigenvalue weighted by molar-refractivity contribution is 6.12. The molecular weight excluding hydrogens is 398 g/mol. The van der Waals surface area contributed by atoms with Crippen LogP contribution in [0.4, 0.5) is 5.69 Å². The largest absolute Gasteiger partial charge is 0.379 e. The number of imidazole rings is 1. The lowest BCUT2D eigenvalue weighted by Crippen LogP contribution is -2.35. The van der Waals surface area contributed by atoms with Crippen LogP contribution < -0.4 is 5.32 Å². The highest BCUT2D eigenvalue weighted by Crippen LogP contribution is 2.26. The molecule has 1 unspecified atom stereocenters. The van der Waals surface area contributed by atoms with E-state index in [1.54, 1.807) is 6.08 Å². The van der Waals surface area contributed by atoms with E-state index in [2.05, 4.69) is 47.5 Å². The Morgan fingerprint density at radius 3 is 3.00 bits per heavy atom. The molecule has 1 fully saturated rings. The number of H-pyrrole nitrogens is 2. The fourth-order valence-corrected chi connectivity index (χ4v) is 3.70. The third-order valence-electron chi connectivity index (χ3n) is 5.33. The number of amides is 2. The predicted octanol–water partition coefficient (Wildman–Crippen LogP) is 1.51. The number of anilines is 1. The number of carbonyl (C=O) groups is 2. The van der Waals surface area contributed by atoms with Crippen LogP contribution in [0.2, 0.25) is 0 Å². The van der Waals surface area contributed by atoms with Crippen LogP contribution >= 0.6 is 0 Å². The molecule has 3 N–H and O–H groups in total. The Morgan fingerprint density at radius 2 is 2.16 bits per heavy atom. The molecule has 4 heterocycles. The first-order chi connectivity index (χ1) is 15.2. The number of nitrogens with zero attached hydrogens (tertiary/aromatic N) is 4. The topological polar surface area (TPSA) is 128 Å². The quantitative estimate of drug-likeness (QED) is 0.538. The monoisotopic (exact) mass is 419 g/mol. The summed E-state index contributed by atoms with van der Waals surface area (Å²) in [5.74, 6) is -1.37. The minimum Gasteiger partial charge on any atom is -0.379 e. The Kier molecular flexibility index (Phi) is 5.14. The van der Waals surface area contributed by atoms with Gasteiger partial charge in [0.15, 0.2) is 5.82 Å². The molecule has 31 heavy (non-hydrogen) atoms. The van der Waals surface area contributed by atoms with Gasteiger partial charge in [-0.2, -0.15) is 5.10 Å². The zero-order valence-corrected chi connectivity index (χ0v) is 16.7. The maximum atomic E-state index is 12.5. The summed E-state index contributed by atoms with van der Waals surface area (Å²) in [6, 6.07) is 6.13. The summed E-state index contributed by atoms with van der Waals surface area (Å²) in [5, 5.41) is 9.64. The van der Waals surface area contributed by atoms with E-state index in [4.69, 9.17) is 4.74 Å². The van der Waals surface area contributed by atoms with Gasteiger partial charge in [0.25, 0.3) is 5.91 Å². The van der Waals surface area contributed by atoms with Crippen LogP contribution in [0, 0.1) is 5.92 Å². The average molecular weight is 419 g/mol. The van der Waals surface area contributed by atoms with Crippen molar-refractivity contribution < 1.29 is 14.3 Å². The first-order valence-electron chi connectivity index (χ1n) is 10.1. The fourth-order valence-electron chi connectivity index (χ4n) is 3.70. The molecule has 1 atom stereocenters. The minimum absolute atomic E-state index is 0.438. The van der Waals surface area contributed by atoms with Gasteiger partial charge in [0, 0.05) is 25.8 Å².